The number of amides is 2. The van der Waals surface area contributed by atoms with E-state index >= 15 is 0 Å². The molecule has 0 radical (unpaired) electrons. The van der Waals surface area contributed by atoms with E-state index in [0.29, 0.717) is 13.2 Å². The van der Waals surface area contributed by atoms with Gasteiger partial charge in [0.25, 0.3) is 0 Å². The van der Waals surface area contributed by atoms with E-state index in [1.54, 1.807) is 13.8 Å². The highest BCUT2D eigenvalue weighted by Crippen LogP contribution is 2.07. The fraction of sp³-hybridized carbons (Fsp3) is 0.833. The van der Waals surface area contributed by atoms with Gasteiger partial charge < -0.3 is 20.5 Å². The highest BCUT2D eigenvalue weighted by atomic mass is 16.5. The summed E-state index contributed by atoms with van der Waals surface area (Å²) in [6, 6.07) is -1.39. The second-order valence-electron chi connectivity index (χ2n) is 5.08. The smallest absolute Gasteiger partial charge is 0.326 e. The van der Waals surface area contributed by atoms with Crippen LogP contribution in [0, 0.1) is 5.92 Å². The molecule has 0 heterocycles. The van der Waals surface area contributed by atoms with Gasteiger partial charge in [-0.15, -0.1) is 0 Å². The highest BCUT2D eigenvalue weighted by molar-refractivity contribution is 5.82. The first-order valence-electron chi connectivity index (χ1n) is 6.10. The molecule has 106 valence electrons. The summed E-state index contributed by atoms with van der Waals surface area (Å²) in [6.45, 7) is 9.94. The molecule has 1 atom stereocenters. The van der Waals surface area contributed by atoms with Crippen LogP contribution in [-0.2, 0) is 9.53 Å². The molecule has 6 heteroatoms. The molecule has 0 aromatic carbocycles. The number of rotatable bonds is 7. The Labute approximate surface area is 108 Å². The monoisotopic (exact) mass is 260 g/mol. The molecule has 18 heavy (non-hydrogen) atoms. The molecule has 6 nitrogen and oxygen atoms in total. The lowest BCUT2D eigenvalue weighted by Crippen LogP contribution is -2.51. The Kier molecular flexibility index (Phi) is 6.68. The molecular formula is C12H24N2O4. The van der Waals surface area contributed by atoms with Crippen LogP contribution < -0.4 is 10.6 Å². The number of carboxylic acids is 1. The molecule has 0 aliphatic carbocycles. The van der Waals surface area contributed by atoms with Crippen molar-refractivity contribution < 1.29 is 19.4 Å². The summed E-state index contributed by atoms with van der Waals surface area (Å²) >= 11 is 0. The van der Waals surface area contributed by atoms with Crippen LogP contribution in [0.15, 0.2) is 0 Å². The predicted molar refractivity (Wildman–Crippen MR) is 68.5 cm³/mol. The number of aliphatic carboxylic acids is 1. The maximum atomic E-state index is 11.6. The minimum atomic E-state index is -1.04. The second-order valence-corrected chi connectivity index (χ2v) is 5.08. The maximum Gasteiger partial charge on any atom is 0.326 e. The van der Waals surface area contributed by atoms with Gasteiger partial charge in [-0.2, -0.15) is 0 Å². The lowest BCUT2D eigenvalue weighted by Gasteiger charge is -2.26. The summed E-state index contributed by atoms with van der Waals surface area (Å²) in [6.07, 6.45) is 0. The summed E-state index contributed by atoms with van der Waals surface area (Å²) in [5, 5.41) is 14.0. The second kappa shape index (κ2) is 7.20. The lowest BCUT2D eigenvalue weighted by atomic mass is 10.1. The summed E-state index contributed by atoms with van der Waals surface area (Å²) in [7, 11) is 0. The van der Waals surface area contributed by atoms with Crippen molar-refractivity contribution in [2.24, 2.45) is 5.92 Å². The van der Waals surface area contributed by atoms with Crippen molar-refractivity contribution in [3.63, 3.8) is 0 Å². The topological polar surface area (TPSA) is 87.7 Å². The molecule has 0 saturated carbocycles. The molecule has 0 aromatic heterocycles. The van der Waals surface area contributed by atoms with E-state index in [2.05, 4.69) is 10.6 Å². The summed E-state index contributed by atoms with van der Waals surface area (Å²) in [5.74, 6) is -1.21. The van der Waals surface area contributed by atoms with Crippen molar-refractivity contribution in [3.05, 3.63) is 0 Å². The van der Waals surface area contributed by atoms with E-state index in [4.69, 9.17) is 9.84 Å². The summed E-state index contributed by atoms with van der Waals surface area (Å²) in [5.41, 5.74) is -0.470. The first-order chi connectivity index (χ1) is 8.19. The van der Waals surface area contributed by atoms with E-state index in [0.717, 1.165) is 0 Å². The number of nitrogens with one attached hydrogen (secondary N) is 2. The van der Waals surface area contributed by atoms with Crippen LogP contribution in [0.5, 0.6) is 0 Å². The van der Waals surface area contributed by atoms with E-state index < -0.39 is 23.6 Å². The van der Waals surface area contributed by atoms with Crippen molar-refractivity contribution in [2.45, 2.75) is 46.3 Å². The van der Waals surface area contributed by atoms with Gasteiger partial charge in [-0.05, 0) is 26.7 Å². The number of ether oxygens (including phenoxy) is 1. The zero-order valence-electron chi connectivity index (χ0n) is 11.7. The Hall–Kier alpha value is -1.30. The molecule has 3 N–H and O–H groups in total. The van der Waals surface area contributed by atoms with Crippen molar-refractivity contribution in [1.82, 2.24) is 10.6 Å². The summed E-state index contributed by atoms with van der Waals surface area (Å²) in [4.78, 5) is 22.5. The Morgan fingerprint density at radius 3 is 2.28 bits per heavy atom. The number of carbonyl (C=O) groups is 2. The van der Waals surface area contributed by atoms with Crippen molar-refractivity contribution in [2.75, 3.05) is 13.2 Å². The van der Waals surface area contributed by atoms with Gasteiger partial charge in [-0.1, -0.05) is 13.8 Å². The van der Waals surface area contributed by atoms with Crippen LogP contribution in [-0.4, -0.2) is 41.9 Å². The zero-order chi connectivity index (χ0) is 14.3. The van der Waals surface area contributed by atoms with Gasteiger partial charge in [0.15, 0.2) is 0 Å². The average Bonchev–Trinajstić information content (AvgIpc) is 2.22. The number of urea groups is 1. The largest absolute Gasteiger partial charge is 0.480 e. The summed E-state index contributed by atoms with van der Waals surface area (Å²) < 4.78 is 5.42. The Balaban J connectivity index is 4.22. The molecular weight excluding hydrogens is 236 g/mol. The van der Waals surface area contributed by atoms with Crippen LogP contribution in [0.2, 0.25) is 0 Å². The number of hydrogen-bond donors (Lipinski definition) is 3. The molecule has 0 rings (SSSR count). The van der Waals surface area contributed by atoms with Gasteiger partial charge in [-0.25, -0.2) is 9.59 Å². The molecule has 0 aliphatic rings. The van der Waals surface area contributed by atoms with Gasteiger partial charge >= 0.3 is 12.0 Å². The van der Waals surface area contributed by atoms with Crippen molar-refractivity contribution in [3.8, 4) is 0 Å². The molecule has 0 fully saturated rings. The molecule has 0 spiro atoms. The minimum absolute atomic E-state index is 0.173. The van der Waals surface area contributed by atoms with E-state index in [1.807, 2.05) is 20.8 Å². The normalized spacial score (nSPS) is 13.2. The maximum absolute atomic E-state index is 11.6. The number of carbonyl (C=O) groups excluding carboxylic acids is 1. The Bertz CT molecular complexity index is 290. The first kappa shape index (κ1) is 16.7. The quantitative estimate of drug-likeness (QED) is 0.642. The van der Waals surface area contributed by atoms with Crippen LogP contribution in [0.1, 0.15) is 34.6 Å². The third-order valence-electron chi connectivity index (χ3n) is 2.43. The van der Waals surface area contributed by atoms with Crippen LogP contribution >= 0.6 is 0 Å². The minimum Gasteiger partial charge on any atom is -0.480 e. The van der Waals surface area contributed by atoms with Gasteiger partial charge in [0.1, 0.15) is 6.04 Å². The molecule has 0 aromatic rings. The van der Waals surface area contributed by atoms with E-state index in [1.165, 1.54) is 0 Å². The first-order valence-corrected chi connectivity index (χ1v) is 6.10. The third-order valence-corrected chi connectivity index (χ3v) is 2.43. The SMILES string of the molecule is CCOC(C)(C)CNC(=O)N[C@H](C(=O)O)C(C)C. The Morgan fingerprint density at radius 2 is 1.89 bits per heavy atom. The van der Waals surface area contributed by atoms with Crippen LogP contribution in [0.4, 0.5) is 4.79 Å². The molecule has 0 saturated heterocycles. The van der Waals surface area contributed by atoms with Gasteiger partial charge in [-0.3, -0.25) is 0 Å². The van der Waals surface area contributed by atoms with Crippen LogP contribution in [0.25, 0.3) is 0 Å². The molecule has 2 amide bonds. The lowest BCUT2D eigenvalue weighted by molar-refractivity contribution is -0.140. The third kappa shape index (κ3) is 6.44. The van der Waals surface area contributed by atoms with Gasteiger partial charge in [0, 0.05) is 13.2 Å². The number of hydrogen-bond acceptors (Lipinski definition) is 3. The van der Waals surface area contributed by atoms with E-state index in [9.17, 15) is 9.59 Å². The number of carboxylic acid groups (broad SMARTS) is 1. The molecule has 0 aliphatic heterocycles. The molecule has 0 bridgehead atoms. The van der Waals surface area contributed by atoms with E-state index in [-0.39, 0.29) is 5.92 Å². The highest BCUT2D eigenvalue weighted by Gasteiger charge is 2.24. The van der Waals surface area contributed by atoms with Gasteiger partial charge in [0.2, 0.25) is 0 Å². The fourth-order valence-corrected chi connectivity index (χ4v) is 1.44. The molecule has 0 unspecified atom stereocenters. The average molecular weight is 260 g/mol. The van der Waals surface area contributed by atoms with Crippen molar-refractivity contribution in [1.29, 1.82) is 0 Å². The predicted octanol–water partition coefficient (Wildman–Crippen LogP) is 1.21. The van der Waals surface area contributed by atoms with Gasteiger partial charge in [0.05, 0.1) is 5.60 Å². The van der Waals surface area contributed by atoms with Crippen molar-refractivity contribution >= 4 is 12.0 Å². The van der Waals surface area contributed by atoms with Crippen LogP contribution in [0.3, 0.4) is 0 Å². The fourth-order valence-electron chi connectivity index (χ4n) is 1.44. The standard InChI is InChI=1S/C12H24N2O4/c1-6-18-12(4,5)7-13-11(17)14-9(8(2)3)10(15)16/h8-9H,6-7H2,1-5H3,(H,15,16)(H2,13,14,17)/t9-/m0/s1. The zero-order valence-corrected chi connectivity index (χ0v) is 11.7. The Morgan fingerprint density at radius 1 is 1.33 bits per heavy atom.